The Morgan fingerprint density at radius 1 is 1.41 bits per heavy atom. The number of carbonyl (C=O) groups is 1. The van der Waals surface area contributed by atoms with Gasteiger partial charge in [0.05, 0.1) is 7.11 Å². The predicted octanol–water partition coefficient (Wildman–Crippen LogP) is 2.76. The molecule has 0 radical (unpaired) electrons. The Morgan fingerprint density at radius 3 is 2.41 bits per heavy atom. The number of methoxy groups -OCH3 is 1. The van der Waals surface area contributed by atoms with Crippen LogP contribution in [0.5, 0.6) is 0 Å². The summed E-state index contributed by atoms with van der Waals surface area (Å²) in [4.78, 5) is 12.0. The second-order valence-corrected chi connectivity index (χ2v) is 6.26. The smallest absolute Gasteiger partial charge is 0.338 e. The van der Waals surface area contributed by atoms with E-state index in [0.717, 1.165) is 19.3 Å². The highest BCUT2D eigenvalue weighted by Crippen LogP contribution is 2.48. The molecular formula is C14H26O3. The molecule has 0 amide bonds. The third-order valence-electron chi connectivity index (χ3n) is 4.43. The molecule has 17 heavy (non-hydrogen) atoms. The zero-order valence-corrected chi connectivity index (χ0v) is 11.7. The number of esters is 1. The lowest BCUT2D eigenvalue weighted by Gasteiger charge is -2.48. The van der Waals surface area contributed by atoms with E-state index in [4.69, 9.17) is 4.74 Å². The molecule has 1 N–H and O–H groups in total. The zero-order chi connectivity index (χ0) is 13.3. The fraction of sp³-hybridized carbons (Fsp3) is 0.929. The quantitative estimate of drug-likeness (QED) is 0.774. The Hall–Kier alpha value is -0.570. The van der Waals surface area contributed by atoms with Crippen LogP contribution in [0.3, 0.4) is 0 Å². The topological polar surface area (TPSA) is 46.5 Å². The summed E-state index contributed by atoms with van der Waals surface area (Å²) in [7, 11) is 1.35. The molecule has 1 aliphatic carbocycles. The molecule has 100 valence electrons. The van der Waals surface area contributed by atoms with Crippen molar-refractivity contribution in [3.63, 3.8) is 0 Å². The minimum Gasteiger partial charge on any atom is -0.467 e. The molecule has 1 rings (SSSR count). The number of aliphatic hydroxyl groups is 1. The van der Waals surface area contributed by atoms with Gasteiger partial charge in [-0.2, -0.15) is 0 Å². The highest BCUT2D eigenvalue weighted by atomic mass is 16.5. The average molecular weight is 242 g/mol. The Morgan fingerprint density at radius 2 is 2.00 bits per heavy atom. The van der Waals surface area contributed by atoms with E-state index in [9.17, 15) is 9.90 Å². The van der Waals surface area contributed by atoms with Crippen molar-refractivity contribution in [3.8, 4) is 0 Å². The van der Waals surface area contributed by atoms with E-state index < -0.39 is 11.6 Å². The molecule has 1 aliphatic rings. The van der Waals surface area contributed by atoms with Gasteiger partial charge in [0.2, 0.25) is 0 Å². The van der Waals surface area contributed by atoms with Crippen LogP contribution in [0.15, 0.2) is 0 Å². The lowest BCUT2D eigenvalue weighted by atomic mass is 9.59. The van der Waals surface area contributed by atoms with Crippen molar-refractivity contribution in [2.24, 2.45) is 17.3 Å². The molecular weight excluding hydrogens is 216 g/mol. The minimum atomic E-state index is -1.35. The van der Waals surface area contributed by atoms with Gasteiger partial charge in [-0.3, -0.25) is 0 Å². The van der Waals surface area contributed by atoms with Crippen LogP contribution in [0, 0.1) is 17.3 Å². The summed E-state index contributed by atoms with van der Waals surface area (Å²) < 4.78 is 4.83. The fourth-order valence-electron chi connectivity index (χ4n) is 3.25. The van der Waals surface area contributed by atoms with E-state index in [1.54, 1.807) is 0 Å². The molecule has 0 aromatic heterocycles. The minimum absolute atomic E-state index is 0.00847. The maximum atomic E-state index is 12.0. The van der Waals surface area contributed by atoms with Crippen molar-refractivity contribution in [3.05, 3.63) is 0 Å². The molecule has 3 heteroatoms. The summed E-state index contributed by atoms with van der Waals surface area (Å²) in [5.74, 6) is -0.624. The standard InChI is InChI=1S/C14H26O3/c1-10(2)14(16,12(15)17-5)11-8-6-7-9-13(11,3)4/h10-11,16H,6-9H2,1-5H3. The van der Waals surface area contributed by atoms with Crippen molar-refractivity contribution >= 4 is 5.97 Å². The lowest BCUT2D eigenvalue weighted by molar-refractivity contribution is -0.186. The van der Waals surface area contributed by atoms with Crippen molar-refractivity contribution in [2.75, 3.05) is 7.11 Å². The molecule has 2 unspecified atom stereocenters. The number of hydrogen-bond acceptors (Lipinski definition) is 3. The van der Waals surface area contributed by atoms with Crippen LogP contribution in [0.2, 0.25) is 0 Å². The molecule has 0 spiro atoms. The van der Waals surface area contributed by atoms with E-state index >= 15 is 0 Å². The SMILES string of the molecule is COC(=O)C(O)(C(C)C)C1CCCCC1(C)C. The molecule has 1 fully saturated rings. The first kappa shape index (κ1) is 14.5. The first-order valence-corrected chi connectivity index (χ1v) is 6.57. The molecule has 0 heterocycles. The van der Waals surface area contributed by atoms with Crippen LogP contribution in [0.4, 0.5) is 0 Å². The summed E-state index contributed by atoms with van der Waals surface area (Å²) in [6.07, 6.45) is 4.22. The van der Waals surface area contributed by atoms with E-state index in [1.165, 1.54) is 13.5 Å². The van der Waals surface area contributed by atoms with Gasteiger partial charge >= 0.3 is 5.97 Å². The van der Waals surface area contributed by atoms with E-state index in [1.807, 2.05) is 13.8 Å². The highest BCUT2D eigenvalue weighted by molar-refractivity contribution is 5.80. The normalized spacial score (nSPS) is 27.6. The first-order chi connectivity index (χ1) is 7.76. The van der Waals surface area contributed by atoms with Crippen LogP contribution < -0.4 is 0 Å². The average Bonchev–Trinajstić information content (AvgIpc) is 2.26. The monoisotopic (exact) mass is 242 g/mol. The molecule has 0 aliphatic heterocycles. The van der Waals surface area contributed by atoms with Gasteiger partial charge in [0.25, 0.3) is 0 Å². The van der Waals surface area contributed by atoms with Crippen LogP contribution in [-0.4, -0.2) is 23.8 Å². The van der Waals surface area contributed by atoms with E-state index in [0.29, 0.717) is 0 Å². The summed E-state index contributed by atoms with van der Waals surface area (Å²) in [5.41, 5.74) is -1.36. The number of hydrogen-bond donors (Lipinski definition) is 1. The maximum absolute atomic E-state index is 12.0. The zero-order valence-electron chi connectivity index (χ0n) is 11.7. The lowest BCUT2D eigenvalue weighted by Crippen LogP contribution is -2.56. The van der Waals surface area contributed by atoms with E-state index in [-0.39, 0.29) is 17.3 Å². The number of rotatable bonds is 3. The summed E-state index contributed by atoms with van der Waals surface area (Å²) >= 11 is 0. The maximum Gasteiger partial charge on any atom is 0.338 e. The van der Waals surface area contributed by atoms with Crippen LogP contribution in [-0.2, 0) is 9.53 Å². The van der Waals surface area contributed by atoms with Gasteiger partial charge in [-0.15, -0.1) is 0 Å². The molecule has 0 saturated heterocycles. The summed E-state index contributed by atoms with van der Waals surface area (Å²) in [6.45, 7) is 8.07. The Balaban J connectivity index is 3.09. The molecule has 3 nitrogen and oxygen atoms in total. The van der Waals surface area contributed by atoms with Gasteiger partial charge in [0, 0.05) is 5.92 Å². The second kappa shape index (κ2) is 4.97. The van der Waals surface area contributed by atoms with Gasteiger partial charge in [0.15, 0.2) is 5.60 Å². The third kappa shape index (κ3) is 2.49. The number of carbonyl (C=O) groups excluding carboxylic acids is 1. The van der Waals surface area contributed by atoms with Crippen molar-refractivity contribution in [1.82, 2.24) is 0 Å². The largest absolute Gasteiger partial charge is 0.467 e. The van der Waals surface area contributed by atoms with Crippen molar-refractivity contribution < 1.29 is 14.6 Å². The van der Waals surface area contributed by atoms with Gasteiger partial charge < -0.3 is 9.84 Å². The van der Waals surface area contributed by atoms with Gasteiger partial charge in [-0.25, -0.2) is 4.79 Å². The molecule has 0 bridgehead atoms. The summed E-state index contributed by atoms with van der Waals surface area (Å²) in [6, 6.07) is 0. The van der Waals surface area contributed by atoms with Gasteiger partial charge in [-0.1, -0.05) is 40.5 Å². The second-order valence-electron chi connectivity index (χ2n) is 6.26. The van der Waals surface area contributed by atoms with Crippen molar-refractivity contribution in [1.29, 1.82) is 0 Å². The van der Waals surface area contributed by atoms with Crippen molar-refractivity contribution in [2.45, 2.75) is 59.0 Å². The third-order valence-corrected chi connectivity index (χ3v) is 4.43. The predicted molar refractivity (Wildman–Crippen MR) is 67.5 cm³/mol. The van der Waals surface area contributed by atoms with Crippen LogP contribution in [0.25, 0.3) is 0 Å². The fourth-order valence-corrected chi connectivity index (χ4v) is 3.25. The van der Waals surface area contributed by atoms with Crippen LogP contribution >= 0.6 is 0 Å². The van der Waals surface area contributed by atoms with E-state index in [2.05, 4.69) is 13.8 Å². The van der Waals surface area contributed by atoms with Gasteiger partial charge in [0.1, 0.15) is 0 Å². The summed E-state index contributed by atoms with van der Waals surface area (Å²) in [5, 5.41) is 10.8. The Bertz CT molecular complexity index is 283. The first-order valence-electron chi connectivity index (χ1n) is 6.57. The molecule has 1 saturated carbocycles. The molecule has 2 atom stereocenters. The van der Waals surface area contributed by atoms with Gasteiger partial charge in [-0.05, 0) is 24.2 Å². The molecule has 0 aromatic rings. The Labute approximate surface area is 105 Å². The van der Waals surface area contributed by atoms with Crippen LogP contribution in [0.1, 0.15) is 53.4 Å². The Kier molecular flexibility index (Phi) is 4.23. The number of ether oxygens (including phenoxy) is 1. The molecule has 0 aromatic carbocycles. The highest BCUT2D eigenvalue weighted by Gasteiger charge is 2.53.